The van der Waals surface area contributed by atoms with Crippen LogP contribution in [0.1, 0.15) is 10.4 Å². The molecule has 0 saturated carbocycles. The molecule has 10 heteroatoms. The summed E-state index contributed by atoms with van der Waals surface area (Å²) in [7, 11) is 1.65. The molecular formula is C20H16ClF2N3O3S. The van der Waals surface area contributed by atoms with Crippen molar-refractivity contribution in [2.45, 2.75) is 19.8 Å². The number of halogens is 3. The summed E-state index contributed by atoms with van der Waals surface area (Å²) in [5.41, 5.74) is 1.43. The average molecular weight is 452 g/mol. The standard InChI is InChI=1S/C20H16ClF2N3O3S/c1-12-10-26(15-7-8-16-17(9-15)29-20(22,23)28-16)19(30-12)24-18(27)25(2)11-13-3-5-14(21)6-4-13/h3-10H,11H2,1-2H3/b24-19-. The van der Waals surface area contributed by atoms with Crippen LogP contribution in [0.2, 0.25) is 5.02 Å². The number of fused-ring (bicyclic) bond motifs is 1. The van der Waals surface area contributed by atoms with Crippen LogP contribution in [0.15, 0.2) is 53.7 Å². The van der Waals surface area contributed by atoms with Gasteiger partial charge in [-0.3, -0.25) is 4.57 Å². The van der Waals surface area contributed by atoms with Crippen LogP contribution in [0.25, 0.3) is 5.69 Å². The predicted octanol–water partition coefficient (Wildman–Crippen LogP) is 4.97. The molecule has 1 aliphatic heterocycles. The summed E-state index contributed by atoms with van der Waals surface area (Å²) < 4.78 is 37.2. The van der Waals surface area contributed by atoms with Crippen LogP contribution in [0, 0.1) is 6.92 Å². The summed E-state index contributed by atoms with van der Waals surface area (Å²) >= 11 is 7.20. The normalized spacial score (nSPS) is 14.8. The number of amides is 2. The highest BCUT2D eigenvalue weighted by Gasteiger charge is 2.43. The van der Waals surface area contributed by atoms with Crippen LogP contribution in [-0.2, 0) is 6.54 Å². The number of urea groups is 1. The number of thiazole rings is 1. The van der Waals surface area contributed by atoms with E-state index in [-0.39, 0.29) is 11.5 Å². The molecule has 0 unspecified atom stereocenters. The maximum atomic E-state index is 13.3. The summed E-state index contributed by atoms with van der Waals surface area (Å²) in [6, 6.07) is 11.2. The van der Waals surface area contributed by atoms with E-state index in [9.17, 15) is 13.6 Å². The number of alkyl halides is 2. The van der Waals surface area contributed by atoms with Crippen LogP contribution in [0.3, 0.4) is 0 Å². The van der Waals surface area contributed by atoms with Gasteiger partial charge in [-0.1, -0.05) is 23.7 Å². The molecule has 4 rings (SSSR count). The molecule has 6 nitrogen and oxygen atoms in total. The molecular weight excluding hydrogens is 436 g/mol. The van der Waals surface area contributed by atoms with Gasteiger partial charge in [0.15, 0.2) is 16.3 Å². The highest BCUT2D eigenvalue weighted by atomic mass is 35.5. The van der Waals surface area contributed by atoms with Crippen LogP contribution in [-0.4, -0.2) is 28.8 Å². The van der Waals surface area contributed by atoms with Crippen molar-refractivity contribution in [3.05, 3.63) is 68.9 Å². The van der Waals surface area contributed by atoms with E-state index in [1.54, 1.807) is 36.0 Å². The smallest absolute Gasteiger partial charge is 0.395 e. The number of aryl methyl sites for hydroxylation is 1. The third-order valence-corrected chi connectivity index (χ3v) is 5.43. The molecule has 0 saturated heterocycles. The van der Waals surface area contributed by atoms with Crippen LogP contribution >= 0.6 is 22.9 Å². The number of aromatic nitrogens is 1. The van der Waals surface area contributed by atoms with E-state index < -0.39 is 12.3 Å². The monoisotopic (exact) mass is 451 g/mol. The number of benzene rings is 2. The second-order valence-electron chi connectivity index (χ2n) is 6.67. The average Bonchev–Trinajstić information content (AvgIpc) is 3.20. The number of rotatable bonds is 3. The van der Waals surface area contributed by atoms with Gasteiger partial charge in [-0.05, 0) is 36.8 Å². The molecule has 2 amide bonds. The lowest BCUT2D eigenvalue weighted by Crippen LogP contribution is -2.26. The topological polar surface area (TPSA) is 56.1 Å². The van der Waals surface area contributed by atoms with Gasteiger partial charge in [0, 0.05) is 35.8 Å². The van der Waals surface area contributed by atoms with Gasteiger partial charge >= 0.3 is 12.3 Å². The van der Waals surface area contributed by atoms with Gasteiger partial charge < -0.3 is 14.4 Å². The van der Waals surface area contributed by atoms with E-state index in [2.05, 4.69) is 14.5 Å². The largest absolute Gasteiger partial charge is 0.586 e. The van der Waals surface area contributed by atoms with Gasteiger partial charge in [0.1, 0.15) is 0 Å². The molecule has 30 heavy (non-hydrogen) atoms. The minimum Gasteiger partial charge on any atom is -0.395 e. The Morgan fingerprint density at radius 3 is 2.63 bits per heavy atom. The molecule has 3 aromatic rings. The summed E-state index contributed by atoms with van der Waals surface area (Å²) in [6.07, 6.45) is -1.92. The molecule has 0 radical (unpaired) electrons. The molecule has 0 fully saturated rings. The fourth-order valence-electron chi connectivity index (χ4n) is 2.90. The Kier molecular flexibility index (Phi) is 5.25. The zero-order chi connectivity index (χ0) is 21.5. The molecule has 156 valence electrons. The van der Waals surface area contributed by atoms with Crippen LogP contribution in [0.5, 0.6) is 11.5 Å². The lowest BCUT2D eigenvalue weighted by atomic mass is 10.2. The van der Waals surface area contributed by atoms with E-state index in [4.69, 9.17) is 11.6 Å². The SMILES string of the molecule is Cc1cn(-c2ccc3c(c2)OC(F)(F)O3)/c(=N/C(=O)N(C)Cc2ccc(Cl)cc2)s1. The van der Waals surface area contributed by atoms with E-state index in [0.29, 0.717) is 22.1 Å². The van der Waals surface area contributed by atoms with Crippen molar-refractivity contribution in [1.82, 2.24) is 9.47 Å². The Hall–Kier alpha value is -2.91. The van der Waals surface area contributed by atoms with Crippen LogP contribution in [0.4, 0.5) is 13.6 Å². The lowest BCUT2D eigenvalue weighted by molar-refractivity contribution is -0.286. The third-order valence-electron chi connectivity index (χ3n) is 4.28. The molecule has 0 bridgehead atoms. The molecule has 0 aliphatic carbocycles. The first-order valence-corrected chi connectivity index (χ1v) is 10.0. The molecule has 1 aromatic heterocycles. The number of ether oxygens (including phenoxy) is 2. The molecule has 2 aromatic carbocycles. The van der Waals surface area contributed by atoms with E-state index in [0.717, 1.165) is 10.4 Å². The first-order chi connectivity index (χ1) is 14.2. The van der Waals surface area contributed by atoms with Gasteiger partial charge in [-0.15, -0.1) is 20.1 Å². The van der Waals surface area contributed by atoms with Gasteiger partial charge in [-0.2, -0.15) is 4.99 Å². The van der Waals surface area contributed by atoms with Crippen molar-refractivity contribution < 1.29 is 23.0 Å². The first kappa shape index (κ1) is 20.4. The number of hydrogen-bond donors (Lipinski definition) is 0. The molecule has 0 N–H and O–H groups in total. The third kappa shape index (κ3) is 4.31. The number of carbonyl (C=O) groups is 1. The second-order valence-corrected chi connectivity index (χ2v) is 8.32. The molecule has 0 spiro atoms. The summed E-state index contributed by atoms with van der Waals surface area (Å²) in [5, 5.41) is 0.619. The Bertz CT molecular complexity index is 1170. The van der Waals surface area contributed by atoms with Gasteiger partial charge in [0.2, 0.25) is 0 Å². The van der Waals surface area contributed by atoms with Crippen molar-refractivity contribution in [3.8, 4) is 17.2 Å². The zero-order valence-electron chi connectivity index (χ0n) is 15.9. The maximum Gasteiger partial charge on any atom is 0.586 e. The van der Waals surface area contributed by atoms with Crippen molar-refractivity contribution in [2.75, 3.05) is 7.05 Å². The summed E-state index contributed by atoms with van der Waals surface area (Å²) in [4.78, 5) is 19.6. The van der Waals surface area contributed by atoms with Crippen molar-refractivity contribution in [3.63, 3.8) is 0 Å². The first-order valence-electron chi connectivity index (χ1n) is 8.84. The zero-order valence-corrected chi connectivity index (χ0v) is 17.5. The van der Waals surface area contributed by atoms with Crippen molar-refractivity contribution in [1.29, 1.82) is 0 Å². The second kappa shape index (κ2) is 7.73. The number of carbonyl (C=O) groups excluding carboxylic acids is 1. The maximum absolute atomic E-state index is 13.3. The minimum absolute atomic E-state index is 0.0476. The van der Waals surface area contributed by atoms with Gasteiger partial charge in [-0.25, -0.2) is 4.79 Å². The summed E-state index contributed by atoms with van der Waals surface area (Å²) in [5.74, 6) is -0.125. The fraction of sp³-hybridized carbons (Fsp3) is 0.200. The fourth-order valence-corrected chi connectivity index (χ4v) is 3.86. The molecule has 2 heterocycles. The Labute approximate surface area is 179 Å². The molecule has 0 atom stereocenters. The molecule has 1 aliphatic rings. The van der Waals surface area contributed by atoms with Crippen LogP contribution < -0.4 is 14.3 Å². The summed E-state index contributed by atoms with van der Waals surface area (Å²) in [6.45, 7) is 2.23. The number of hydrogen-bond acceptors (Lipinski definition) is 4. The predicted molar refractivity (Wildman–Crippen MR) is 108 cm³/mol. The Morgan fingerprint density at radius 2 is 1.90 bits per heavy atom. The van der Waals surface area contributed by atoms with E-state index >= 15 is 0 Å². The van der Waals surface area contributed by atoms with Gasteiger partial charge in [0.25, 0.3) is 0 Å². The van der Waals surface area contributed by atoms with Gasteiger partial charge in [0.05, 0.1) is 5.69 Å². The Balaban J connectivity index is 1.61. The lowest BCUT2D eigenvalue weighted by Gasteiger charge is -2.14. The quantitative estimate of drug-likeness (QED) is 0.564. The van der Waals surface area contributed by atoms with E-state index in [1.165, 1.54) is 28.4 Å². The highest BCUT2D eigenvalue weighted by molar-refractivity contribution is 7.09. The highest BCUT2D eigenvalue weighted by Crippen LogP contribution is 2.41. The minimum atomic E-state index is -3.69. The van der Waals surface area contributed by atoms with E-state index in [1.807, 2.05) is 19.1 Å². The van der Waals surface area contributed by atoms with Crippen molar-refractivity contribution in [2.24, 2.45) is 4.99 Å². The van der Waals surface area contributed by atoms with Crippen molar-refractivity contribution >= 4 is 29.0 Å². The Morgan fingerprint density at radius 1 is 1.20 bits per heavy atom. The number of nitrogens with zero attached hydrogens (tertiary/aromatic N) is 3.